The zero-order valence-electron chi connectivity index (χ0n) is 11.5. The molecule has 0 aromatic heterocycles. The third-order valence-corrected chi connectivity index (χ3v) is 4.82. The van der Waals surface area contributed by atoms with Crippen molar-refractivity contribution in [2.45, 2.75) is 32.6 Å². The van der Waals surface area contributed by atoms with Gasteiger partial charge >= 0.3 is 0 Å². The molecule has 0 radical (unpaired) electrons. The van der Waals surface area contributed by atoms with Crippen LogP contribution < -0.4 is 10.6 Å². The number of nitrogen functional groups attached to an aromatic ring is 1. The number of amides is 1. The van der Waals surface area contributed by atoms with Crippen LogP contribution in [0.4, 0.5) is 11.4 Å². The largest absolute Gasteiger partial charge is 0.399 e. The molecular formula is C16H22N2O. The summed E-state index contributed by atoms with van der Waals surface area (Å²) in [6, 6.07) is 7.65. The Balaban J connectivity index is 1.80. The SMILES string of the molecule is CCN(C(=O)C1CC2CCC1C2)c1cccc(N)c1. The second-order valence-corrected chi connectivity index (χ2v) is 5.96. The fraction of sp³-hybridized carbons (Fsp3) is 0.562. The topological polar surface area (TPSA) is 46.3 Å². The van der Waals surface area contributed by atoms with Gasteiger partial charge in [0, 0.05) is 23.8 Å². The molecule has 2 saturated carbocycles. The van der Waals surface area contributed by atoms with Gasteiger partial charge in [-0.3, -0.25) is 4.79 Å². The normalized spacial score (nSPS) is 28.6. The molecule has 3 nitrogen and oxygen atoms in total. The van der Waals surface area contributed by atoms with Gasteiger partial charge in [0.1, 0.15) is 0 Å². The van der Waals surface area contributed by atoms with Crippen LogP contribution in [0.3, 0.4) is 0 Å². The van der Waals surface area contributed by atoms with E-state index in [0.29, 0.717) is 11.8 Å². The summed E-state index contributed by atoms with van der Waals surface area (Å²) in [6.45, 7) is 2.75. The van der Waals surface area contributed by atoms with Crippen LogP contribution in [0.25, 0.3) is 0 Å². The van der Waals surface area contributed by atoms with Gasteiger partial charge in [0.15, 0.2) is 0 Å². The van der Waals surface area contributed by atoms with E-state index in [-0.39, 0.29) is 5.92 Å². The maximum absolute atomic E-state index is 12.8. The highest BCUT2D eigenvalue weighted by Gasteiger charge is 2.44. The lowest BCUT2D eigenvalue weighted by Crippen LogP contribution is -2.38. The summed E-state index contributed by atoms with van der Waals surface area (Å²) in [5.74, 6) is 1.99. The maximum atomic E-state index is 12.8. The number of anilines is 2. The van der Waals surface area contributed by atoms with Gasteiger partial charge in [-0.1, -0.05) is 12.5 Å². The highest BCUT2D eigenvalue weighted by molar-refractivity contribution is 5.95. The van der Waals surface area contributed by atoms with Crippen molar-refractivity contribution in [2.24, 2.45) is 17.8 Å². The van der Waals surface area contributed by atoms with Crippen molar-refractivity contribution in [1.82, 2.24) is 0 Å². The number of nitrogens with zero attached hydrogens (tertiary/aromatic N) is 1. The Bertz CT molecular complexity index is 485. The zero-order chi connectivity index (χ0) is 13.4. The van der Waals surface area contributed by atoms with Crippen LogP contribution in [0.2, 0.25) is 0 Å². The fourth-order valence-corrected chi connectivity index (χ4v) is 3.91. The van der Waals surface area contributed by atoms with E-state index in [1.165, 1.54) is 19.3 Å². The Labute approximate surface area is 114 Å². The van der Waals surface area contributed by atoms with Crippen LogP contribution in [0.1, 0.15) is 32.6 Å². The maximum Gasteiger partial charge on any atom is 0.230 e. The lowest BCUT2D eigenvalue weighted by Gasteiger charge is -2.28. The summed E-state index contributed by atoms with van der Waals surface area (Å²) in [5.41, 5.74) is 7.49. The molecule has 0 spiro atoms. The van der Waals surface area contributed by atoms with Crippen molar-refractivity contribution in [3.05, 3.63) is 24.3 Å². The van der Waals surface area contributed by atoms with E-state index in [1.807, 2.05) is 36.1 Å². The third-order valence-electron chi connectivity index (χ3n) is 4.82. The number of carbonyl (C=O) groups is 1. The van der Waals surface area contributed by atoms with E-state index in [1.54, 1.807) is 0 Å². The first-order valence-electron chi connectivity index (χ1n) is 7.36. The van der Waals surface area contributed by atoms with Gasteiger partial charge in [-0.2, -0.15) is 0 Å². The molecule has 102 valence electrons. The summed E-state index contributed by atoms with van der Waals surface area (Å²) >= 11 is 0. The van der Waals surface area contributed by atoms with Gasteiger partial charge in [0.2, 0.25) is 5.91 Å². The highest BCUT2D eigenvalue weighted by atomic mass is 16.2. The summed E-state index contributed by atoms with van der Waals surface area (Å²) in [4.78, 5) is 14.7. The Kier molecular flexibility index (Phi) is 3.21. The van der Waals surface area contributed by atoms with Crippen molar-refractivity contribution in [3.8, 4) is 0 Å². The van der Waals surface area contributed by atoms with E-state index in [0.717, 1.165) is 30.3 Å². The minimum Gasteiger partial charge on any atom is -0.399 e. The standard InChI is InChI=1S/C16H22N2O/c1-2-18(14-5-3-4-13(17)10-14)16(19)15-9-11-6-7-12(15)8-11/h3-5,10-12,15H,2,6-9,17H2,1H3. The molecule has 0 aliphatic heterocycles. The van der Waals surface area contributed by atoms with Gasteiger partial charge in [-0.15, -0.1) is 0 Å². The second-order valence-electron chi connectivity index (χ2n) is 5.96. The monoisotopic (exact) mass is 258 g/mol. The Morgan fingerprint density at radius 3 is 2.79 bits per heavy atom. The van der Waals surface area contributed by atoms with Gasteiger partial charge in [-0.25, -0.2) is 0 Å². The lowest BCUT2D eigenvalue weighted by atomic mass is 9.87. The summed E-state index contributed by atoms with van der Waals surface area (Å²) in [5, 5.41) is 0. The molecule has 3 heteroatoms. The average Bonchev–Trinajstić information content (AvgIpc) is 3.02. The van der Waals surface area contributed by atoms with Crippen molar-refractivity contribution >= 4 is 17.3 Å². The molecule has 0 heterocycles. The van der Waals surface area contributed by atoms with Crippen LogP contribution in [0.15, 0.2) is 24.3 Å². The zero-order valence-corrected chi connectivity index (χ0v) is 11.5. The second kappa shape index (κ2) is 4.87. The molecule has 19 heavy (non-hydrogen) atoms. The fourth-order valence-electron chi connectivity index (χ4n) is 3.91. The first kappa shape index (κ1) is 12.5. The van der Waals surface area contributed by atoms with E-state index in [4.69, 9.17) is 5.73 Å². The number of nitrogens with two attached hydrogens (primary N) is 1. The molecule has 2 aliphatic carbocycles. The quantitative estimate of drug-likeness (QED) is 0.847. The molecule has 1 aromatic carbocycles. The first-order valence-corrected chi connectivity index (χ1v) is 7.36. The van der Waals surface area contributed by atoms with Gasteiger partial charge in [-0.05, 0) is 56.2 Å². The molecule has 1 amide bonds. The van der Waals surface area contributed by atoms with Gasteiger partial charge in [0.05, 0.1) is 0 Å². The van der Waals surface area contributed by atoms with Crippen LogP contribution in [0.5, 0.6) is 0 Å². The summed E-state index contributed by atoms with van der Waals surface area (Å²) < 4.78 is 0. The van der Waals surface area contributed by atoms with Crippen molar-refractivity contribution in [3.63, 3.8) is 0 Å². The van der Waals surface area contributed by atoms with Crippen molar-refractivity contribution < 1.29 is 4.79 Å². The minimum absolute atomic E-state index is 0.250. The van der Waals surface area contributed by atoms with E-state index in [2.05, 4.69) is 0 Å². The predicted molar refractivity (Wildman–Crippen MR) is 77.8 cm³/mol. The average molecular weight is 258 g/mol. The number of rotatable bonds is 3. The minimum atomic E-state index is 0.250. The number of benzene rings is 1. The van der Waals surface area contributed by atoms with Crippen LogP contribution in [-0.4, -0.2) is 12.5 Å². The third kappa shape index (κ3) is 2.22. The molecular weight excluding hydrogens is 236 g/mol. The predicted octanol–water partition coefficient (Wildman–Crippen LogP) is 3.06. The van der Waals surface area contributed by atoms with Crippen molar-refractivity contribution in [1.29, 1.82) is 0 Å². The molecule has 2 N–H and O–H groups in total. The van der Waals surface area contributed by atoms with Crippen molar-refractivity contribution in [2.75, 3.05) is 17.2 Å². The highest BCUT2D eigenvalue weighted by Crippen LogP contribution is 2.49. The van der Waals surface area contributed by atoms with Gasteiger partial charge < -0.3 is 10.6 Å². The van der Waals surface area contributed by atoms with Crippen LogP contribution in [0, 0.1) is 17.8 Å². The Morgan fingerprint density at radius 1 is 1.37 bits per heavy atom. The number of fused-ring (bicyclic) bond motifs is 2. The smallest absolute Gasteiger partial charge is 0.230 e. The Hall–Kier alpha value is -1.51. The molecule has 3 unspecified atom stereocenters. The molecule has 2 aliphatic rings. The van der Waals surface area contributed by atoms with Crippen LogP contribution >= 0.6 is 0 Å². The lowest BCUT2D eigenvalue weighted by molar-refractivity contribution is -0.123. The number of hydrogen-bond acceptors (Lipinski definition) is 2. The number of hydrogen-bond donors (Lipinski definition) is 1. The van der Waals surface area contributed by atoms with Gasteiger partial charge in [0.25, 0.3) is 0 Å². The molecule has 2 bridgehead atoms. The van der Waals surface area contributed by atoms with E-state index >= 15 is 0 Å². The summed E-state index contributed by atoms with van der Waals surface area (Å²) in [6.07, 6.45) is 4.95. The van der Waals surface area contributed by atoms with E-state index < -0.39 is 0 Å². The first-order chi connectivity index (χ1) is 9.19. The molecule has 3 atom stereocenters. The molecule has 3 rings (SSSR count). The molecule has 1 aromatic rings. The number of carbonyl (C=O) groups excluding carboxylic acids is 1. The van der Waals surface area contributed by atoms with Crippen LogP contribution in [-0.2, 0) is 4.79 Å². The van der Waals surface area contributed by atoms with E-state index in [9.17, 15) is 4.79 Å². The molecule has 2 fully saturated rings. The Morgan fingerprint density at radius 2 is 2.21 bits per heavy atom. The summed E-state index contributed by atoms with van der Waals surface area (Å²) in [7, 11) is 0. The molecule has 0 saturated heterocycles.